The first-order chi connectivity index (χ1) is 13.7. The highest BCUT2D eigenvalue weighted by atomic mass is 16.3. The topological polar surface area (TPSA) is 37.3 Å². The summed E-state index contributed by atoms with van der Waals surface area (Å²) in [6.07, 6.45) is 13.9. The summed E-state index contributed by atoms with van der Waals surface area (Å²) in [6.45, 7) is 13.2. The van der Waals surface area contributed by atoms with Crippen molar-refractivity contribution >= 4 is 5.78 Å². The van der Waals surface area contributed by atoms with Gasteiger partial charge in [-0.1, -0.05) is 39.0 Å². The highest BCUT2D eigenvalue weighted by Gasteiger charge is 2.59. The molecule has 3 saturated carbocycles. The molecule has 2 heteroatoms. The summed E-state index contributed by atoms with van der Waals surface area (Å²) < 4.78 is 0. The van der Waals surface area contributed by atoms with Gasteiger partial charge in [0.1, 0.15) is 0 Å². The average molecular weight is 399 g/mol. The first kappa shape index (κ1) is 21.3. The van der Waals surface area contributed by atoms with Crippen LogP contribution in [0.2, 0.25) is 0 Å². The third kappa shape index (κ3) is 3.48. The first-order valence-electron chi connectivity index (χ1n) is 12.2. The van der Waals surface area contributed by atoms with Gasteiger partial charge in [-0.3, -0.25) is 4.79 Å². The molecule has 0 aromatic heterocycles. The van der Waals surface area contributed by atoms with Crippen molar-refractivity contribution in [3.63, 3.8) is 0 Å². The summed E-state index contributed by atoms with van der Waals surface area (Å²) in [5.41, 5.74) is 3.07. The molecule has 1 N–H and O–H groups in total. The standard InChI is InChI=1S/C27H42O2/c1-17(2)25(29)11-6-18(3)22-9-10-23-21-8-7-19-16-20(28)12-14-26(19,4)24(21)13-15-27(22,23)5/h7,18,20-24,28H,1,6,8-16H2,2-5H3. The molecule has 0 bridgehead atoms. The maximum atomic E-state index is 12.1. The van der Waals surface area contributed by atoms with Crippen molar-refractivity contribution < 1.29 is 9.90 Å². The van der Waals surface area contributed by atoms with Gasteiger partial charge in [-0.15, -0.1) is 0 Å². The lowest BCUT2D eigenvalue weighted by atomic mass is 9.47. The summed E-state index contributed by atoms with van der Waals surface area (Å²) in [5, 5.41) is 10.2. The number of carbonyl (C=O) groups is 1. The number of fused-ring (bicyclic) bond motifs is 5. The number of allylic oxidation sites excluding steroid dienone is 2. The third-order valence-corrected chi connectivity index (χ3v) is 10.1. The van der Waals surface area contributed by atoms with Crippen LogP contribution in [0.4, 0.5) is 0 Å². The highest BCUT2D eigenvalue weighted by molar-refractivity contribution is 5.94. The number of Topliss-reactive ketones (excluding diaryl/α,β-unsaturated/α-hetero) is 1. The van der Waals surface area contributed by atoms with Crippen LogP contribution in [0, 0.1) is 40.4 Å². The summed E-state index contributed by atoms with van der Waals surface area (Å²) in [5.74, 6) is 4.11. The Bertz CT molecular complexity index is 705. The van der Waals surface area contributed by atoms with Gasteiger partial charge in [0.15, 0.2) is 5.78 Å². The maximum absolute atomic E-state index is 12.1. The Morgan fingerprint density at radius 3 is 2.69 bits per heavy atom. The van der Waals surface area contributed by atoms with E-state index >= 15 is 0 Å². The maximum Gasteiger partial charge on any atom is 0.157 e. The molecule has 0 aromatic carbocycles. The lowest BCUT2D eigenvalue weighted by Gasteiger charge is -2.58. The largest absolute Gasteiger partial charge is 0.393 e. The molecule has 0 aromatic rings. The van der Waals surface area contributed by atoms with Gasteiger partial charge in [0.05, 0.1) is 6.10 Å². The van der Waals surface area contributed by atoms with Crippen LogP contribution in [0.15, 0.2) is 23.8 Å². The Labute approximate surface area is 178 Å². The van der Waals surface area contributed by atoms with Gasteiger partial charge in [0.25, 0.3) is 0 Å². The quantitative estimate of drug-likeness (QED) is 0.424. The van der Waals surface area contributed by atoms with Crippen molar-refractivity contribution in [2.75, 3.05) is 0 Å². The molecule has 0 spiro atoms. The molecule has 8 unspecified atom stereocenters. The van der Waals surface area contributed by atoms with E-state index < -0.39 is 0 Å². The molecular weight excluding hydrogens is 356 g/mol. The van der Waals surface area contributed by atoms with Gasteiger partial charge in [0.2, 0.25) is 0 Å². The Kier molecular flexibility index (Phi) is 5.64. The fraction of sp³-hybridized carbons (Fsp3) is 0.815. The zero-order valence-electron chi connectivity index (χ0n) is 19.2. The molecule has 2 nitrogen and oxygen atoms in total. The van der Waals surface area contributed by atoms with Crippen molar-refractivity contribution in [1.82, 2.24) is 0 Å². The van der Waals surface area contributed by atoms with Crippen molar-refractivity contribution in [3.8, 4) is 0 Å². The zero-order valence-corrected chi connectivity index (χ0v) is 19.2. The lowest BCUT2D eigenvalue weighted by molar-refractivity contribution is -0.116. The van der Waals surface area contributed by atoms with Crippen molar-refractivity contribution in [1.29, 1.82) is 0 Å². The summed E-state index contributed by atoms with van der Waals surface area (Å²) in [4.78, 5) is 12.1. The first-order valence-corrected chi connectivity index (χ1v) is 12.2. The molecule has 4 aliphatic carbocycles. The second-order valence-electron chi connectivity index (χ2n) is 11.6. The van der Waals surface area contributed by atoms with Crippen molar-refractivity contribution in [2.45, 2.75) is 98.0 Å². The minimum atomic E-state index is -0.113. The van der Waals surface area contributed by atoms with Gasteiger partial charge in [-0.25, -0.2) is 0 Å². The second-order valence-corrected chi connectivity index (χ2v) is 11.6. The normalized spacial score (nSPS) is 44.9. The van der Waals surface area contributed by atoms with E-state index in [1.165, 1.54) is 38.5 Å². The number of aliphatic hydroxyl groups is 1. The van der Waals surface area contributed by atoms with E-state index in [0.29, 0.717) is 28.7 Å². The molecule has 4 aliphatic rings. The van der Waals surface area contributed by atoms with Gasteiger partial charge >= 0.3 is 0 Å². The van der Waals surface area contributed by atoms with Gasteiger partial charge < -0.3 is 5.11 Å². The predicted molar refractivity (Wildman–Crippen MR) is 119 cm³/mol. The Hall–Kier alpha value is -0.890. The molecule has 8 atom stereocenters. The molecule has 0 heterocycles. The van der Waals surface area contributed by atoms with E-state index in [1.54, 1.807) is 5.57 Å². The summed E-state index contributed by atoms with van der Waals surface area (Å²) in [7, 11) is 0. The van der Waals surface area contributed by atoms with Gasteiger partial charge in [0, 0.05) is 6.42 Å². The van der Waals surface area contributed by atoms with Crippen LogP contribution in [0.25, 0.3) is 0 Å². The van der Waals surface area contributed by atoms with E-state index in [1.807, 2.05) is 6.92 Å². The van der Waals surface area contributed by atoms with Crippen molar-refractivity contribution in [3.05, 3.63) is 23.8 Å². The fourth-order valence-electron chi connectivity index (χ4n) is 8.39. The molecule has 0 radical (unpaired) electrons. The van der Waals surface area contributed by atoms with Gasteiger partial charge in [-0.05, 0) is 111 Å². The van der Waals surface area contributed by atoms with E-state index in [2.05, 4.69) is 33.4 Å². The van der Waals surface area contributed by atoms with Gasteiger partial charge in [-0.2, -0.15) is 0 Å². The smallest absolute Gasteiger partial charge is 0.157 e. The number of carbonyl (C=O) groups excluding carboxylic acids is 1. The molecule has 0 aliphatic heterocycles. The second kappa shape index (κ2) is 7.66. The monoisotopic (exact) mass is 398 g/mol. The fourth-order valence-corrected chi connectivity index (χ4v) is 8.39. The summed E-state index contributed by atoms with van der Waals surface area (Å²) >= 11 is 0. The SMILES string of the molecule is C=C(C)C(=O)CCC(C)C1CCC2C3CC=C4CC(O)CCC4(C)C3CCC12C. The number of hydrogen-bond donors (Lipinski definition) is 1. The predicted octanol–water partition coefficient (Wildman–Crippen LogP) is 6.49. The lowest BCUT2D eigenvalue weighted by Crippen LogP contribution is -2.50. The third-order valence-electron chi connectivity index (χ3n) is 10.1. The van der Waals surface area contributed by atoms with Crippen LogP contribution >= 0.6 is 0 Å². The molecule has 3 fully saturated rings. The summed E-state index contributed by atoms with van der Waals surface area (Å²) in [6, 6.07) is 0. The molecule has 29 heavy (non-hydrogen) atoms. The number of ketones is 1. The van der Waals surface area contributed by atoms with Crippen LogP contribution in [0.3, 0.4) is 0 Å². The Balaban J connectivity index is 1.50. The zero-order chi connectivity index (χ0) is 21.0. The molecule has 162 valence electrons. The van der Waals surface area contributed by atoms with E-state index in [-0.39, 0.29) is 11.9 Å². The van der Waals surface area contributed by atoms with Crippen LogP contribution < -0.4 is 0 Å². The molecular formula is C27H42O2. The molecule has 0 amide bonds. The highest BCUT2D eigenvalue weighted by Crippen LogP contribution is 2.67. The van der Waals surface area contributed by atoms with Crippen LogP contribution in [-0.2, 0) is 4.79 Å². The van der Waals surface area contributed by atoms with E-state index in [4.69, 9.17) is 0 Å². The Morgan fingerprint density at radius 2 is 1.97 bits per heavy atom. The van der Waals surface area contributed by atoms with Crippen LogP contribution in [0.1, 0.15) is 91.9 Å². The molecule has 0 saturated heterocycles. The number of hydrogen-bond acceptors (Lipinski definition) is 2. The molecule has 4 rings (SSSR count). The average Bonchev–Trinajstić information content (AvgIpc) is 3.03. The number of aliphatic hydroxyl groups excluding tert-OH is 1. The van der Waals surface area contributed by atoms with E-state index in [0.717, 1.165) is 42.9 Å². The number of rotatable bonds is 5. The Morgan fingerprint density at radius 1 is 1.21 bits per heavy atom. The minimum absolute atomic E-state index is 0.113. The minimum Gasteiger partial charge on any atom is -0.393 e. The van der Waals surface area contributed by atoms with E-state index in [9.17, 15) is 9.90 Å². The van der Waals surface area contributed by atoms with Crippen LogP contribution in [0.5, 0.6) is 0 Å². The van der Waals surface area contributed by atoms with Crippen molar-refractivity contribution in [2.24, 2.45) is 40.4 Å². The van der Waals surface area contributed by atoms with Crippen LogP contribution in [-0.4, -0.2) is 17.0 Å².